The van der Waals surface area contributed by atoms with E-state index in [0.29, 0.717) is 0 Å². The van der Waals surface area contributed by atoms with Gasteiger partial charge in [0.15, 0.2) is 0 Å². The van der Waals surface area contributed by atoms with Crippen LogP contribution in [0, 0.1) is 29.2 Å². The zero-order valence-corrected chi connectivity index (χ0v) is 10.2. The van der Waals surface area contributed by atoms with Gasteiger partial charge < -0.3 is 29.2 Å². The molecule has 0 N–H and O–H groups in total. The average Bonchev–Trinajstić information content (AvgIpc) is 1.37. The molecule has 0 aromatic heterocycles. The minimum absolute atomic E-state index is 0. The van der Waals surface area contributed by atoms with Gasteiger partial charge in [-0.3, -0.25) is 0 Å². The first kappa shape index (κ1) is 36.7. The van der Waals surface area contributed by atoms with Gasteiger partial charge in [0.1, 0.15) is 0 Å². The molecule has 0 aliphatic heterocycles. The molecule has 0 heterocycles. The number of unbranched alkanes of at least 4 members (excludes halogenated alkanes) is 1. The molecule has 1 heteroatoms. The van der Waals surface area contributed by atoms with Gasteiger partial charge in [-0.15, -0.1) is 0 Å². The van der Waals surface area contributed by atoms with E-state index in [2.05, 4.69) is 13.8 Å². The summed E-state index contributed by atoms with van der Waals surface area (Å²) in [5.74, 6) is 0. The topological polar surface area (TPSA) is 0 Å². The van der Waals surface area contributed by atoms with Gasteiger partial charge in [0.05, 0.1) is 0 Å². The van der Waals surface area contributed by atoms with Crippen molar-refractivity contribution in [1.29, 1.82) is 0 Å². The normalized spacial score (nSPS) is 3.75. The van der Waals surface area contributed by atoms with Crippen LogP contribution in [0.5, 0.6) is 0 Å². The maximum absolute atomic E-state index is 3.60. The second-order valence-corrected chi connectivity index (χ2v) is 0.854. The summed E-state index contributed by atoms with van der Waals surface area (Å²) in [4.78, 5) is 0. The van der Waals surface area contributed by atoms with E-state index in [4.69, 9.17) is 0 Å². The zero-order valence-electron chi connectivity index (χ0n) is 6.62. The summed E-state index contributed by atoms with van der Waals surface area (Å²) in [5, 5.41) is 0. The smallest absolute Gasteiger partial charge is 0.358 e. The van der Waals surface area contributed by atoms with Crippen LogP contribution in [0.3, 0.4) is 0 Å². The van der Waals surface area contributed by atoms with E-state index in [1.54, 1.807) is 0 Å². The molecule has 50 valence electrons. The monoisotopic (exact) mass is 282 g/mol. The third kappa shape index (κ3) is 67.7. The molecule has 0 fully saturated rings. The van der Waals surface area contributed by atoms with Crippen molar-refractivity contribution >= 4 is 0 Å². The van der Waals surface area contributed by atoms with Crippen LogP contribution in [0.4, 0.5) is 0 Å². The van der Waals surface area contributed by atoms with Crippen LogP contribution in [-0.4, -0.2) is 0 Å². The molecule has 0 saturated heterocycles. The predicted molar refractivity (Wildman–Crippen MR) is 39.5 cm³/mol. The molecule has 0 bridgehead atoms. The van der Waals surface area contributed by atoms with Crippen LogP contribution in [0.1, 0.15) is 19.8 Å². The van der Waals surface area contributed by atoms with Crippen molar-refractivity contribution in [2.24, 2.45) is 0 Å². The van der Waals surface area contributed by atoms with Crippen molar-refractivity contribution < 1.29 is 25.8 Å². The Balaban J connectivity index is -0.00000000750. The Morgan fingerprint density at radius 3 is 1.25 bits per heavy atom. The molecule has 0 aromatic carbocycles. The number of hydrogen-bond acceptors (Lipinski definition) is 0. The molecule has 0 spiro atoms. The van der Waals surface area contributed by atoms with Crippen LogP contribution < -0.4 is 0 Å². The Morgan fingerprint density at radius 2 is 1.25 bits per heavy atom. The fraction of sp³-hybridized carbons (Fsp3) is 0.429. The molecule has 8 heavy (non-hydrogen) atoms. The summed E-state index contributed by atoms with van der Waals surface area (Å²) in [5.41, 5.74) is 0. The maximum Gasteiger partial charge on any atom is 4.00 e. The fourth-order valence-corrected chi connectivity index (χ4v) is 0. The van der Waals surface area contributed by atoms with Crippen molar-refractivity contribution in [2.75, 3.05) is 0 Å². The van der Waals surface area contributed by atoms with Gasteiger partial charge in [-0.2, -0.15) is 6.42 Å². The molecule has 0 unspecified atom stereocenters. The molecule has 0 amide bonds. The van der Waals surface area contributed by atoms with Crippen molar-refractivity contribution in [3.05, 3.63) is 29.2 Å². The first-order valence-corrected chi connectivity index (χ1v) is 1.71. The maximum atomic E-state index is 3.60. The summed E-state index contributed by atoms with van der Waals surface area (Å²) in [6, 6.07) is 0. The minimum atomic E-state index is 0. The molecule has 0 aliphatic rings. The summed E-state index contributed by atoms with van der Waals surface area (Å²) < 4.78 is 0. The Kier molecular flexibility index (Phi) is 207. The second kappa shape index (κ2) is 45.1. The molecular formula is C7H18Hf. The van der Waals surface area contributed by atoms with Gasteiger partial charge in [0.25, 0.3) is 0 Å². The van der Waals surface area contributed by atoms with Gasteiger partial charge in [-0.25, -0.2) is 0 Å². The third-order valence-electron chi connectivity index (χ3n) is 0.354. The van der Waals surface area contributed by atoms with E-state index in [-0.39, 0.29) is 48.1 Å². The molecular weight excluding hydrogens is 263 g/mol. The molecule has 0 aromatic rings. The van der Waals surface area contributed by atoms with Crippen molar-refractivity contribution in [3.63, 3.8) is 0 Å². The largest absolute Gasteiger partial charge is 4.00 e. The van der Waals surface area contributed by atoms with Crippen LogP contribution in [0.2, 0.25) is 0 Å². The Morgan fingerprint density at radius 1 is 1.12 bits per heavy atom. The summed E-state index contributed by atoms with van der Waals surface area (Å²) in [6.45, 7) is 5.72. The first-order chi connectivity index (χ1) is 1.91. The number of rotatable bonds is 1. The van der Waals surface area contributed by atoms with Crippen LogP contribution in [0.25, 0.3) is 0 Å². The molecule has 0 atom stereocenters. The fourth-order valence-electron chi connectivity index (χ4n) is 0. The molecule has 0 aliphatic carbocycles. The molecule has 0 nitrogen and oxygen atoms in total. The van der Waals surface area contributed by atoms with Gasteiger partial charge in [0, 0.05) is 0 Å². The quantitative estimate of drug-likeness (QED) is 0.512. The molecule has 0 rings (SSSR count). The van der Waals surface area contributed by atoms with E-state index in [9.17, 15) is 0 Å². The third-order valence-corrected chi connectivity index (χ3v) is 0.354. The van der Waals surface area contributed by atoms with E-state index in [1.165, 1.54) is 6.42 Å². The van der Waals surface area contributed by atoms with E-state index < -0.39 is 0 Å². The van der Waals surface area contributed by atoms with Gasteiger partial charge in [-0.05, 0) is 0 Å². The summed E-state index contributed by atoms with van der Waals surface area (Å²) in [7, 11) is 0. The first-order valence-electron chi connectivity index (χ1n) is 1.71. The van der Waals surface area contributed by atoms with E-state index >= 15 is 0 Å². The standard InChI is InChI=1S/C4H9.3CH3.Hf/c1-3-4-2;;;;/h1,3-4H2,2H3;3*1H3;/q4*-1;+4. The zero-order chi connectivity index (χ0) is 3.41. The van der Waals surface area contributed by atoms with Crippen LogP contribution >= 0.6 is 0 Å². The summed E-state index contributed by atoms with van der Waals surface area (Å²) >= 11 is 0. The second-order valence-electron chi connectivity index (χ2n) is 0.854. The Hall–Kier alpha value is 0.870. The van der Waals surface area contributed by atoms with E-state index in [1.807, 2.05) is 0 Å². The summed E-state index contributed by atoms with van der Waals surface area (Å²) in [6.07, 6.45) is 2.28. The Bertz CT molecular complexity index is 6.35. The SMILES string of the molecule is [CH2-]CCC.[CH3-].[CH3-].[CH3-].[Hf+4]. The van der Waals surface area contributed by atoms with Gasteiger partial charge in [-0.1, -0.05) is 13.3 Å². The average molecular weight is 281 g/mol. The minimum Gasteiger partial charge on any atom is -0.358 e. The molecule has 0 radical (unpaired) electrons. The van der Waals surface area contributed by atoms with Crippen molar-refractivity contribution in [3.8, 4) is 0 Å². The molecule has 0 saturated carbocycles. The van der Waals surface area contributed by atoms with Crippen LogP contribution in [-0.2, 0) is 25.8 Å². The van der Waals surface area contributed by atoms with Crippen molar-refractivity contribution in [2.45, 2.75) is 19.8 Å². The predicted octanol–water partition coefficient (Wildman–Crippen LogP) is 2.97. The van der Waals surface area contributed by atoms with E-state index in [0.717, 1.165) is 6.42 Å². The van der Waals surface area contributed by atoms with Crippen LogP contribution in [0.15, 0.2) is 0 Å². The van der Waals surface area contributed by atoms with Crippen molar-refractivity contribution in [1.82, 2.24) is 0 Å². The number of hydrogen-bond donors (Lipinski definition) is 0. The van der Waals surface area contributed by atoms with Gasteiger partial charge in [0.2, 0.25) is 0 Å². The van der Waals surface area contributed by atoms with Gasteiger partial charge >= 0.3 is 25.8 Å². The Labute approximate surface area is 74.9 Å².